The van der Waals surface area contributed by atoms with Crippen LogP contribution in [0.2, 0.25) is 5.02 Å². The van der Waals surface area contributed by atoms with Gasteiger partial charge in [-0.3, -0.25) is 4.90 Å². The Morgan fingerprint density at radius 1 is 1.35 bits per heavy atom. The van der Waals surface area contributed by atoms with Gasteiger partial charge in [0, 0.05) is 60.3 Å². The van der Waals surface area contributed by atoms with E-state index in [1.54, 1.807) is 12.1 Å². The Labute approximate surface area is 161 Å². The predicted octanol–water partition coefficient (Wildman–Crippen LogP) is 3.65. The van der Waals surface area contributed by atoms with Crippen LogP contribution in [0.3, 0.4) is 0 Å². The second kappa shape index (κ2) is 6.16. The fraction of sp³-hybridized carbons (Fsp3) is 0.526. The third kappa shape index (κ3) is 2.58. The maximum Gasteiger partial charge on any atom is 0.177 e. The molecule has 1 saturated carbocycles. The van der Waals surface area contributed by atoms with E-state index in [0.717, 1.165) is 62.6 Å². The Bertz CT molecular complexity index is 920. The molecular formula is C19H21ClFN3OS. The summed E-state index contributed by atoms with van der Waals surface area (Å²) >= 11 is 11.7. The van der Waals surface area contributed by atoms with Gasteiger partial charge in [0.15, 0.2) is 4.77 Å². The van der Waals surface area contributed by atoms with Gasteiger partial charge >= 0.3 is 0 Å². The highest BCUT2D eigenvalue weighted by Crippen LogP contribution is 2.66. The predicted molar refractivity (Wildman–Crippen MR) is 101 cm³/mol. The number of benzene rings is 1. The van der Waals surface area contributed by atoms with E-state index in [2.05, 4.69) is 14.5 Å². The smallest absolute Gasteiger partial charge is 0.177 e. The van der Waals surface area contributed by atoms with Gasteiger partial charge in [0.05, 0.1) is 13.2 Å². The lowest BCUT2D eigenvalue weighted by atomic mass is 9.93. The molecule has 5 rings (SSSR count). The number of halogens is 2. The van der Waals surface area contributed by atoms with Crippen LogP contribution in [0, 0.1) is 10.6 Å². The Balaban J connectivity index is 1.41. The van der Waals surface area contributed by atoms with Crippen molar-refractivity contribution in [3.63, 3.8) is 0 Å². The fourth-order valence-corrected chi connectivity index (χ4v) is 5.21. The van der Waals surface area contributed by atoms with Crippen LogP contribution in [-0.2, 0) is 23.1 Å². The number of nitrogens with one attached hydrogen (secondary N) is 1. The number of rotatable bonds is 4. The third-order valence-electron chi connectivity index (χ3n) is 6.20. The van der Waals surface area contributed by atoms with E-state index in [4.69, 9.17) is 28.6 Å². The van der Waals surface area contributed by atoms with Crippen LogP contribution in [-0.4, -0.2) is 47.3 Å². The van der Waals surface area contributed by atoms with Crippen molar-refractivity contribution < 1.29 is 9.13 Å². The summed E-state index contributed by atoms with van der Waals surface area (Å²) in [6, 6.07) is 4.89. The van der Waals surface area contributed by atoms with Crippen LogP contribution in [0.5, 0.6) is 0 Å². The molecule has 4 nitrogen and oxygen atoms in total. The van der Waals surface area contributed by atoms with Gasteiger partial charge in [-0.05, 0) is 42.4 Å². The number of fused-ring (bicyclic) bond motifs is 3. The highest BCUT2D eigenvalue weighted by Gasteiger charge is 2.63. The van der Waals surface area contributed by atoms with Crippen molar-refractivity contribution in [1.82, 2.24) is 14.5 Å². The molecule has 1 aromatic heterocycles. The summed E-state index contributed by atoms with van der Waals surface area (Å²) in [5, 5.41) is 0.593. The number of aromatic nitrogens is 2. The average molecular weight is 394 g/mol. The topological polar surface area (TPSA) is 33.2 Å². The summed E-state index contributed by atoms with van der Waals surface area (Å²) in [6.07, 6.45) is 1.91. The zero-order valence-corrected chi connectivity index (χ0v) is 16.0. The van der Waals surface area contributed by atoms with Gasteiger partial charge in [0.1, 0.15) is 5.82 Å². The molecule has 2 atom stereocenters. The van der Waals surface area contributed by atoms with Gasteiger partial charge in [-0.1, -0.05) is 11.6 Å². The molecule has 2 fully saturated rings. The molecule has 3 heterocycles. The number of ether oxygens (including phenoxy) is 1. The standard InChI is InChI=1S/C19H21ClFN3OS/c20-12-1-2-15(21)13(9-12)19-10-14(19)17-16(22-18(26)24(17)11-19)3-4-23-5-7-25-8-6-23/h1-2,9,14H,3-8,10-11H2,(H,22,26)/t14?,19-/m1/s1. The highest BCUT2D eigenvalue weighted by atomic mass is 35.5. The molecule has 0 bridgehead atoms. The number of hydrogen-bond acceptors (Lipinski definition) is 3. The van der Waals surface area contributed by atoms with Crippen molar-refractivity contribution in [3.05, 3.63) is 50.8 Å². The summed E-state index contributed by atoms with van der Waals surface area (Å²) in [5.41, 5.74) is 3.07. The van der Waals surface area contributed by atoms with E-state index in [9.17, 15) is 4.39 Å². The summed E-state index contributed by atoms with van der Waals surface area (Å²) in [6.45, 7) is 5.33. The highest BCUT2D eigenvalue weighted by molar-refractivity contribution is 7.71. The van der Waals surface area contributed by atoms with Gasteiger partial charge in [-0.15, -0.1) is 0 Å². The molecule has 0 amide bonds. The van der Waals surface area contributed by atoms with E-state index < -0.39 is 0 Å². The monoisotopic (exact) mass is 393 g/mol. The first-order valence-electron chi connectivity index (χ1n) is 9.16. The van der Waals surface area contributed by atoms with Gasteiger partial charge < -0.3 is 14.3 Å². The van der Waals surface area contributed by atoms with Crippen LogP contribution >= 0.6 is 23.8 Å². The maximum absolute atomic E-state index is 14.5. The summed E-state index contributed by atoms with van der Waals surface area (Å²) < 4.78 is 22.8. The molecule has 1 saturated heterocycles. The SMILES string of the molecule is Fc1ccc(Cl)cc1[C@]12CC1c1c(CCN3CCOCC3)[nH]c(=S)n1C2. The van der Waals surface area contributed by atoms with Gasteiger partial charge in [-0.2, -0.15) is 0 Å². The summed E-state index contributed by atoms with van der Waals surface area (Å²) in [4.78, 5) is 5.83. The van der Waals surface area contributed by atoms with Crippen LogP contribution in [0.25, 0.3) is 0 Å². The van der Waals surface area contributed by atoms with Crippen LogP contribution in [0.1, 0.15) is 29.3 Å². The first-order valence-corrected chi connectivity index (χ1v) is 9.94. The molecule has 7 heteroatoms. The minimum Gasteiger partial charge on any atom is -0.379 e. The minimum absolute atomic E-state index is 0.160. The van der Waals surface area contributed by atoms with E-state index in [0.29, 0.717) is 10.9 Å². The number of hydrogen-bond donors (Lipinski definition) is 1. The zero-order valence-electron chi connectivity index (χ0n) is 14.4. The van der Waals surface area contributed by atoms with Gasteiger partial charge in [0.25, 0.3) is 0 Å². The number of nitrogens with zero attached hydrogens (tertiary/aromatic N) is 2. The van der Waals surface area contributed by atoms with Crippen LogP contribution < -0.4 is 0 Å². The molecule has 0 radical (unpaired) electrons. The summed E-state index contributed by atoms with van der Waals surface area (Å²) in [5.74, 6) is 0.176. The molecular weight excluding hydrogens is 373 g/mol. The van der Waals surface area contributed by atoms with Crippen LogP contribution in [0.4, 0.5) is 4.39 Å². The minimum atomic E-state index is -0.166. The van der Waals surface area contributed by atoms with Crippen molar-refractivity contribution in [2.24, 2.45) is 0 Å². The number of aromatic amines is 1. The molecule has 1 N–H and O–H groups in total. The second-order valence-electron chi connectivity index (χ2n) is 7.62. The lowest BCUT2D eigenvalue weighted by Gasteiger charge is -2.26. The molecule has 138 valence electrons. The zero-order chi connectivity index (χ0) is 17.9. The lowest BCUT2D eigenvalue weighted by Crippen LogP contribution is -2.37. The maximum atomic E-state index is 14.5. The van der Waals surface area contributed by atoms with Gasteiger partial charge in [-0.25, -0.2) is 4.39 Å². The molecule has 1 aliphatic carbocycles. The molecule has 0 spiro atoms. The Morgan fingerprint density at radius 2 is 2.15 bits per heavy atom. The van der Waals surface area contributed by atoms with Crippen molar-refractivity contribution in [1.29, 1.82) is 0 Å². The Kier molecular flexibility index (Phi) is 4.01. The number of morpholine rings is 1. The molecule has 2 aliphatic heterocycles. The largest absolute Gasteiger partial charge is 0.379 e. The Morgan fingerprint density at radius 3 is 2.96 bits per heavy atom. The van der Waals surface area contributed by atoms with Crippen molar-refractivity contribution >= 4 is 23.8 Å². The number of H-pyrrole nitrogens is 1. The molecule has 1 unspecified atom stereocenters. The third-order valence-corrected chi connectivity index (χ3v) is 6.75. The Hall–Kier alpha value is -1.21. The van der Waals surface area contributed by atoms with E-state index in [-0.39, 0.29) is 11.2 Å². The lowest BCUT2D eigenvalue weighted by molar-refractivity contribution is 0.0383. The van der Waals surface area contributed by atoms with E-state index in [1.165, 1.54) is 17.5 Å². The van der Waals surface area contributed by atoms with E-state index in [1.807, 2.05) is 0 Å². The molecule has 26 heavy (non-hydrogen) atoms. The van der Waals surface area contributed by atoms with Crippen LogP contribution in [0.15, 0.2) is 18.2 Å². The van der Waals surface area contributed by atoms with Crippen molar-refractivity contribution in [2.75, 3.05) is 32.8 Å². The van der Waals surface area contributed by atoms with Crippen molar-refractivity contribution in [2.45, 2.75) is 30.7 Å². The first-order chi connectivity index (χ1) is 12.6. The molecule has 3 aliphatic rings. The number of imidazole rings is 1. The fourth-order valence-electron chi connectivity index (χ4n) is 4.76. The normalized spacial score (nSPS) is 27.4. The molecule has 2 aromatic rings. The summed E-state index contributed by atoms with van der Waals surface area (Å²) in [7, 11) is 0. The average Bonchev–Trinajstić information content (AvgIpc) is 3.14. The van der Waals surface area contributed by atoms with E-state index >= 15 is 0 Å². The quantitative estimate of drug-likeness (QED) is 0.805. The molecule has 1 aromatic carbocycles. The van der Waals surface area contributed by atoms with Gasteiger partial charge in [0.2, 0.25) is 0 Å². The van der Waals surface area contributed by atoms with Crippen molar-refractivity contribution in [3.8, 4) is 0 Å². The first kappa shape index (κ1) is 16.9. The second-order valence-corrected chi connectivity index (χ2v) is 8.44.